The molecule has 2 nitrogen and oxygen atoms in total. The van der Waals surface area contributed by atoms with Gasteiger partial charge in [-0.25, -0.2) is 0 Å². The molecule has 0 fully saturated rings. The van der Waals surface area contributed by atoms with Crippen molar-refractivity contribution in [3.05, 3.63) is 77.4 Å². The average Bonchev–Trinajstić information content (AvgIpc) is 2.67. The Balaban J connectivity index is 1.92. The first-order valence-electron chi connectivity index (χ1n) is 10.1. The van der Waals surface area contributed by atoms with Crippen molar-refractivity contribution in [2.24, 2.45) is 0 Å². The summed E-state index contributed by atoms with van der Waals surface area (Å²) in [4.78, 5) is 11.1. The minimum absolute atomic E-state index is 0.0817. The topological polar surface area (TPSA) is 29.1 Å². The number of anilines is 1. The van der Waals surface area contributed by atoms with Crippen LogP contribution in [0, 0.1) is 0 Å². The van der Waals surface area contributed by atoms with E-state index in [0.29, 0.717) is 0 Å². The molecule has 1 N–H and O–H groups in total. The van der Waals surface area contributed by atoms with Gasteiger partial charge in [0.25, 0.3) is 0 Å². The zero-order valence-corrected chi connectivity index (χ0v) is 17.9. The Morgan fingerprint density at radius 3 is 2.03 bits per heavy atom. The maximum absolute atomic E-state index is 12.4. The summed E-state index contributed by atoms with van der Waals surface area (Å²) in [6, 6.07) is 13.0. The Morgan fingerprint density at radius 1 is 0.967 bits per heavy atom. The lowest BCUT2D eigenvalue weighted by atomic mass is 9.62. The third-order valence-corrected chi connectivity index (χ3v) is 6.26. The summed E-state index contributed by atoms with van der Waals surface area (Å²) in [5.41, 5.74) is 5.04. The molecule has 1 unspecified atom stereocenters. The fourth-order valence-corrected chi connectivity index (χ4v) is 4.24. The molecule has 0 saturated heterocycles. The summed E-state index contributed by atoms with van der Waals surface area (Å²) in [5, 5.41) is 1.88. The van der Waals surface area contributed by atoms with Gasteiger partial charge in [0.2, 0.25) is 0 Å². The molecule has 0 bridgehead atoms. The third kappa shape index (κ3) is 4.30. The summed E-state index contributed by atoms with van der Waals surface area (Å²) in [7, 11) is 0. The monoisotopic (exact) mass is 415 g/mol. The molecule has 2 aromatic carbocycles. The summed E-state index contributed by atoms with van der Waals surface area (Å²) in [6.45, 7) is 13.1. The Bertz CT molecular complexity index is 955. The minimum atomic E-state index is -4.91. The molecule has 5 heteroatoms. The molecule has 0 saturated carbocycles. The summed E-state index contributed by atoms with van der Waals surface area (Å²) < 4.78 is 37.3. The largest absolute Gasteiger partial charge is 0.471 e. The second-order valence-corrected chi connectivity index (χ2v) is 9.36. The van der Waals surface area contributed by atoms with E-state index in [9.17, 15) is 18.0 Å². The van der Waals surface area contributed by atoms with Gasteiger partial charge in [-0.2, -0.15) is 13.2 Å². The maximum atomic E-state index is 12.4. The molecule has 3 rings (SSSR count). The quantitative estimate of drug-likeness (QED) is 0.543. The van der Waals surface area contributed by atoms with Gasteiger partial charge < -0.3 is 5.32 Å². The summed E-state index contributed by atoms with van der Waals surface area (Å²) >= 11 is 0. The van der Waals surface area contributed by atoms with E-state index in [1.807, 2.05) is 11.4 Å². The van der Waals surface area contributed by atoms with Crippen LogP contribution in [0.15, 0.2) is 55.1 Å². The lowest BCUT2D eigenvalue weighted by Crippen LogP contribution is -2.34. The Kier molecular flexibility index (Phi) is 5.61. The zero-order valence-electron chi connectivity index (χ0n) is 17.9. The number of nitrogens with one attached hydrogen (secondary N) is 1. The molecular formula is C25H28F3NO. The van der Waals surface area contributed by atoms with Gasteiger partial charge in [-0.15, -0.1) is 6.58 Å². The normalized spacial score (nSPS) is 18.2. The van der Waals surface area contributed by atoms with Gasteiger partial charge in [-0.1, -0.05) is 64.1 Å². The van der Waals surface area contributed by atoms with Crippen molar-refractivity contribution in [2.45, 2.75) is 63.5 Å². The van der Waals surface area contributed by atoms with Crippen LogP contribution in [0.5, 0.6) is 0 Å². The van der Waals surface area contributed by atoms with Crippen LogP contribution in [0.3, 0.4) is 0 Å². The van der Waals surface area contributed by atoms with E-state index >= 15 is 0 Å². The number of carbonyl (C=O) groups is 1. The molecule has 2 aromatic rings. The first-order chi connectivity index (χ1) is 13.8. The fourth-order valence-electron chi connectivity index (χ4n) is 4.24. The van der Waals surface area contributed by atoms with Gasteiger partial charge in [-0.3, -0.25) is 4.79 Å². The Labute approximate surface area is 176 Å². The van der Waals surface area contributed by atoms with E-state index in [1.165, 1.54) is 23.3 Å². The SMILES string of the molecule is C=CC(c1ccc(NC(=O)C(F)(F)F)cc1)c1ccc2c(c1)C(C)(C)CCC2(C)C. The molecule has 0 aliphatic heterocycles. The van der Waals surface area contributed by atoms with Crippen LogP contribution in [0.4, 0.5) is 18.9 Å². The first kappa shape index (κ1) is 22.1. The van der Waals surface area contributed by atoms with E-state index in [0.717, 1.165) is 24.0 Å². The smallest absolute Gasteiger partial charge is 0.318 e. The first-order valence-corrected chi connectivity index (χ1v) is 10.1. The molecule has 1 aliphatic rings. The fraction of sp³-hybridized carbons (Fsp3) is 0.400. The van der Waals surface area contributed by atoms with Gasteiger partial charge in [0, 0.05) is 11.6 Å². The van der Waals surface area contributed by atoms with E-state index < -0.39 is 12.1 Å². The van der Waals surface area contributed by atoms with Crippen LogP contribution < -0.4 is 5.32 Å². The zero-order chi connectivity index (χ0) is 22.3. The van der Waals surface area contributed by atoms with Crippen LogP contribution in [0.25, 0.3) is 0 Å². The lowest BCUT2D eigenvalue weighted by Gasteiger charge is -2.42. The van der Waals surface area contributed by atoms with Crippen LogP contribution in [-0.2, 0) is 15.6 Å². The number of carbonyl (C=O) groups excluding carboxylic acids is 1. The average molecular weight is 415 g/mol. The van der Waals surface area contributed by atoms with Crippen molar-refractivity contribution in [3.8, 4) is 0 Å². The van der Waals surface area contributed by atoms with E-state index in [2.05, 4.69) is 52.5 Å². The summed E-state index contributed by atoms with van der Waals surface area (Å²) in [6.07, 6.45) is -0.816. The Morgan fingerprint density at radius 2 is 1.50 bits per heavy atom. The van der Waals surface area contributed by atoms with Crippen molar-refractivity contribution >= 4 is 11.6 Å². The molecular weight excluding hydrogens is 387 g/mol. The second kappa shape index (κ2) is 7.60. The number of halogens is 3. The lowest BCUT2D eigenvalue weighted by molar-refractivity contribution is -0.167. The highest BCUT2D eigenvalue weighted by Crippen LogP contribution is 2.46. The molecule has 160 valence electrons. The van der Waals surface area contributed by atoms with Gasteiger partial charge in [0.05, 0.1) is 0 Å². The highest BCUT2D eigenvalue weighted by Gasteiger charge is 2.39. The van der Waals surface area contributed by atoms with Gasteiger partial charge in [-0.05, 0) is 58.1 Å². The van der Waals surface area contributed by atoms with Gasteiger partial charge in [0.1, 0.15) is 0 Å². The molecule has 0 spiro atoms. The molecule has 1 amide bonds. The maximum Gasteiger partial charge on any atom is 0.471 e. The van der Waals surface area contributed by atoms with Gasteiger partial charge in [0.15, 0.2) is 0 Å². The number of hydrogen-bond acceptors (Lipinski definition) is 1. The summed E-state index contributed by atoms with van der Waals surface area (Å²) in [5.74, 6) is -2.07. The Hall–Kier alpha value is -2.56. The number of alkyl halides is 3. The molecule has 1 atom stereocenters. The van der Waals surface area contributed by atoms with Crippen LogP contribution in [-0.4, -0.2) is 12.1 Å². The van der Waals surface area contributed by atoms with E-state index in [4.69, 9.17) is 0 Å². The molecule has 0 heterocycles. The van der Waals surface area contributed by atoms with E-state index in [1.54, 1.807) is 12.1 Å². The number of allylic oxidation sites excluding steroid dienone is 1. The number of benzene rings is 2. The number of rotatable bonds is 4. The molecule has 0 radical (unpaired) electrons. The predicted molar refractivity (Wildman–Crippen MR) is 115 cm³/mol. The molecule has 1 aliphatic carbocycles. The number of hydrogen-bond donors (Lipinski definition) is 1. The second-order valence-electron chi connectivity index (χ2n) is 9.36. The van der Waals surface area contributed by atoms with E-state index in [-0.39, 0.29) is 22.4 Å². The molecule has 0 aromatic heterocycles. The predicted octanol–water partition coefficient (Wildman–Crippen LogP) is 6.85. The van der Waals surface area contributed by atoms with Crippen LogP contribution >= 0.6 is 0 Å². The standard InChI is InChI=1S/C25H28F3NO/c1-6-19(16-7-10-18(11-8-16)29-22(30)25(26,27)28)17-9-12-20-21(15-17)24(4,5)14-13-23(20,2)3/h6-12,15,19H,1,13-14H2,2-5H3,(H,29,30). The number of fused-ring (bicyclic) bond motifs is 1. The van der Waals surface area contributed by atoms with Crippen molar-refractivity contribution in [3.63, 3.8) is 0 Å². The van der Waals surface area contributed by atoms with Crippen molar-refractivity contribution in [1.29, 1.82) is 0 Å². The highest BCUT2D eigenvalue weighted by molar-refractivity contribution is 5.94. The van der Waals surface area contributed by atoms with Crippen LogP contribution in [0.1, 0.15) is 68.7 Å². The number of amides is 1. The van der Waals surface area contributed by atoms with Crippen molar-refractivity contribution < 1.29 is 18.0 Å². The minimum Gasteiger partial charge on any atom is -0.318 e. The van der Waals surface area contributed by atoms with Crippen molar-refractivity contribution in [1.82, 2.24) is 0 Å². The van der Waals surface area contributed by atoms with Crippen molar-refractivity contribution in [2.75, 3.05) is 5.32 Å². The van der Waals surface area contributed by atoms with Gasteiger partial charge >= 0.3 is 12.1 Å². The van der Waals surface area contributed by atoms with Crippen LogP contribution in [0.2, 0.25) is 0 Å². The third-order valence-electron chi connectivity index (χ3n) is 6.26. The highest BCUT2D eigenvalue weighted by atomic mass is 19.4. The molecule has 30 heavy (non-hydrogen) atoms.